The average molecular weight is 319 g/mol. The predicted molar refractivity (Wildman–Crippen MR) is 86.9 cm³/mol. The van der Waals surface area contributed by atoms with Crippen LogP contribution in [0.5, 0.6) is 0 Å². The lowest BCUT2D eigenvalue weighted by molar-refractivity contribution is -0.123. The predicted octanol–water partition coefficient (Wildman–Crippen LogP) is 2.22. The van der Waals surface area contributed by atoms with E-state index in [9.17, 15) is 9.59 Å². The van der Waals surface area contributed by atoms with Crippen LogP contribution in [0.15, 0.2) is 23.4 Å². The van der Waals surface area contributed by atoms with E-state index < -0.39 is 0 Å². The highest BCUT2D eigenvalue weighted by Gasteiger charge is 2.29. The number of nitrogens with one attached hydrogen (secondary N) is 1. The second-order valence-electron chi connectivity index (χ2n) is 6.03. The number of nitrogens with zero attached hydrogens (tertiary/aromatic N) is 2. The third-order valence-electron chi connectivity index (χ3n) is 4.43. The molecule has 0 unspecified atom stereocenters. The molecule has 0 saturated heterocycles. The van der Waals surface area contributed by atoms with Crippen LogP contribution in [0.25, 0.3) is 0 Å². The first-order valence-corrected chi connectivity index (χ1v) is 8.81. The molecule has 2 atom stereocenters. The van der Waals surface area contributed by atoms with Gasteiger partial charge in [0.15, 0.2) is 0 Å². The number of pyridine rings is 1. The molecule has 0 aromatic carbocycles. The highest BCUT2D eigenvalue weighted by atomic mass is 32.2. The lowest BCUT2D eigenvalue weighted by Crippen LogP contribution is -2.48. The largest absolute Gasteiger partial charge is 0.352 e. The van der Waals surface area contributed by atoms with Crippen LogP contribution in [-0.2, 0) is 9.59 Å². The minimum atomic E-state index is -0.0752. The molecule has 3 rings (SSSR count). The van der Waals surface area contributed by atoms with Crippen molar-refractivity contribution in [3.63, 3.8) is 0 Å². The highest BCUT2D eigenvalue weighted by Crippen LogP contribution is 2.32. The molecule has 1 N–H and O–H groups in total. The Kier molecular flexibility index (Phi) is 4.66. The van der Waals surface area contributed by atoms with Crippen molar-refractivity contribution in [3.05, 3.63) is 18.3 Å². The van der Waals surface area contributed by atoms with Gasteiger partial charge in [-0.15, -0.1) is 0 Å². The van der Waals surface area contributed by atoms with Gasteiger partial charge in [0, 0.05) is 12.2 Å². The number of hydrogen-bond acceptors (Lipinski definition) is 4. The van der Waals surface area contributed by atoms with Gasteiger partial charge in [-0.05, 0) is 30.9 Å². The monoisotopic (exact) mass is 319 g/mol. The standard InChI is InChI=1S/C16H21N3O2S/c1-11-5-2-3-6-12(11)18-14(20)9-19-13-7-4-8-17-16(13)22-10-15(19)21/h4,7-8,11-12H,2-3,5-6,9-10H2,1H3,(H,18,20)/t11-,12-/m1/s1. The van der Waals surface area contributed by atoms with Gasteiger partial charge >= 0.3 is 0 Å². The zero-order valence-corrected chi connectivity index (χ0v) is 13.6. The van der Waals surface area contributed by atoms with Crippen molar-refractivity contribution < 1.29 is 9.59 Å². The van der Waals surface area contributed by atoms with Crippen molar-refractivity contribution in [1.82, 2.24) is 10.3 Å². The van der Waals surface area contributed by atoms with E-state index in [0.717, 1.165) is 23.6 Å². The fourth-order valence-electron chi connectivity index (χ4n) is 3.14. The second-order valence-corrected chi connectivity index (χ2v) is 7.00. The Balaban J connectivity index is 1.67. The fourth-order valence-corrected chi connectivity index (χ4v) is 4.02. The molecular weight excluding hydrogens is 298 g/mol. The Morgan fingerprint density at radius 1 is 1.45 bits per heavy atom. The molecule has 1 fully saturated rings. The molecule has 0 spiro atoms. The summed E-state index contributed by atoms with van der Waals surface area (Å²) in [4.78, 5) is 30.3. The summed E-state index contributed by atoms with van der Waals surface area (Å²) < 4.78 is 0. The van der Waals surface area contributed by atoms with Gasteiger partial charge in [-0.25, -0.2) is 4.98 Å². The summed E-state index contributed by atoms with van der Waals surface area (Å²) in [6.45, 7) is 2.27. The topological polar surface area (TPSA) is 62.3 Å². The molecule has 1 aromatic heterocycles. The quantitative estimate of drug-likeness (QED) is 0.928. The van der Waals surface area contributed by atoms with Crippen molar-refractivity contribution in [3.8, 4) is 0 Å². The number of fused-ring (bicyclic) bond motifs is 1. The molecule has 1 aliphatic carbocycles. The van der Waals surface area contributed by atoms with Crippen LogP contribution in [0.1, 0.15) is 32.6 Å². The van der Waals surface area contributed by atoms with Crippen LogP contribution in [0.4, 0.5) is 5.69 Å². The van der Waals surface area contributed by atoms with E-state index in [1.54, 1.807) is 17.2 Å². The summed E-state index contributed by atoms with van der Waals surface area (Å²) >= 11 is 1.43. The Morgan fingerprint density at radius 3 is 3.09 bits per heavy atom. The van der Waals surface area contributed by atoms with Gasteiger partial charge in [0.25, 0.3) is 0 Å². The number of carbonyl (C=O) groups is 2. The third kappa shape index (κ3) is 3.27. The molecule has 1 saturated carbocycles. The molecule has 2 amide bonds. The van der Waals surface area contributed by atoms with Crippen molar-refractivity contribution in [2.45, 2.75) is 43.7 Å². The summed E-state index contributed by atoms with van der Waals surface area (Å²) in [5.74, 6) is 0.752. The summed E-state index contributed by atoms with van der Waals surface area (Å²) in [5, 5.41) is 3.93. The number of aromatic nitrogens is 1. The van der Waals surface area contributed by atoms with E-state index >= 15 is 0 Å². The second kappa shape index (κ2) is 6.69. The van der Waals surface area contributed by atoms with E-state index in [-0.39, 0.29) is 24.4 Å². The van der Waals surface area contributed by atoms with Gasteiger partial charge in [0.1, 0.15) is 11.6 Å². The summed E-state index contributed by atoms with van der Waals surface area (Å²) in [5.41, 5.74) is 0.746. The van der Waals surface area contributed by atoms with Gasteiger partial charge in [-0.3, -0.25) is 14.5 Å². The number of anilines is 1. The van der Waals surface area contributed by atoms with E-state index in [1.165, 1.54) is 24.6 Å². The Bertz CT molecular complexity index is 578. The maximum absolute atomic E-state index is 12.3. The zero-order chi connectivity index (χ0) is 15.5. The zero-order valence-electron chi connectivity index (χ0n) is 12.7. The Morgan fingerprint density at radius 2 is 2.27 bits per heavy atom. The first-order valence-electron chi connectivity index (χ1n) is 7.82. The molecule has 5 nitrogen and oxygen atoms in total. The molecule has 6 heteroatoms. The SMILES string of the molecule is C[C@@H]1CCCC[C@H]1NC(=O)CN1C(=O)CSc2ncccc21. The fraction of sp³-hybridized carbons (Fsp3) is 0.562. The lowest BCUT2D eigenvalue weighted by Gasteiger charge is -2.31. The van der Waals surface area contributed by atoms with Crippen molar-refractivity contribution in [2.75, 3.05) is 17.2 Å². The van der Waals surface area contributed by atoms with Crippen LogP contribution >= 0.6 is 11.8 Å². The molecule has 1 aromatic rings. The maximum Gasteiger partial charge on any atom is 0.240 e. The van der Waals surface area contributed by atoms with E-state index in [4.69, 9.17) is 0 Å². The maximum atomic E-state index is 12.3. The molecule has 118 valence electrons. The number of amides is 2. The minimum absolute atomic E-state index is 0.0302. The molecule has 1 aliphatic heterocycles. The minimum Gasteiger partial charge on any atom is -0.352 e. The number of hydrogen-bond donors (Lipinski definition) is 1. The number of thioether (sulfide) groups is 1. The van der Waals surface area contributed by atoms with Crippen molar-refractivity contribution >= 4 is 29.3 Å². The van der Waals surface area contributed by atoms with Crippen LogP contribution in [0.2, 0.25) is 0 Å². The van der Waals surface area contributed by atoms with Crippen LogP contribution < -0.4 is 10.2 Å². The van der Waals surface area contributed by atoms with Gasteiger partial charge < -0.3 is 5.32 Å². The molecule has 22 heavy (non-hydrogen) atoms. The lowest BCUT2D eigenvalue weighted by atomic mass is 9.86. The molecule has 2 heterocycles. The van der Waals surface area contributed by atoms with Crippen LogP contribution in [0, 0.1) is 5.92 Å². The molecule has 0 bridgehead atoms. The van der Waals surface area contributed by atoms with Gasteiger partial charge in [0.2, 0.25) is 11.8 Å². The first-order chi connectivity index (χ1) is 10.6. The van der Waals surface area contributed by atoms with Gasteiger partial charge in [-0.2, -0.15) is 0 Å². The Hall–Kier alpha value is -1.56. The summed E-state index contributed by atoms with van der Waals surface area (Å²) in [6.07, 6.45) is 6.32. The number of carbonyl (C=O) groups excluding carboxylic acids is 2. The van der Waals surface area contributed by atoms with Gasteiger partial charge in [0.05, 0.1) is 11.4 Å². The molecule has 2 aliphatic rings. The van der Waals surface area contributed by atoms with E-state index in [1.807, 2.05) is 6.07 Å². The Labute approximate surface area is 134 Å². The third-order valence-corrected chi connectivity index (χ3v) is 5.41. The smallest absolute Gasteiger partial charge is 0.240 e. The average Bonchev–Trinajstić information content (AvgIpc) is 2.52. The molecular formula is C16H21N3O2S. The van der Waals surface area contributed by atoms with Crippen molar-refractivity contribution in [1.29, 1.82) is 0 Å². The first kappa shape index (κ1) is 15.3. The molecule has 0 radical (unpaired) electrons. The highest BCUT2D eigenvalue weighted by molar-refractivity contribution is 8.00. The normalized spacial score (nSPS) is 24.8. The summed E-state index contributed by atoms with van der Waals surface area (Å²) in [6, 6.07) is 3.89. The van der Waals surface area contributed by atoms with E-state index in [0.29, 0.717) is 11.7 Å². The van der Waals surface area contributed by atoms with E-state index in [2.05, 4.69) is 17.2 Å². The summed E-state index contributed by atoms with van der Waals surface area (Å²) in [7, 11) is 0. The van der Waals surface area contributed by atoms with Crippen molar-refractivity contribution in [2.24, 2.45) is 5.92 Å². The number of rotatable bonds is 3. The van der Waals surface area contributed by atoms with Crippen LogP contribution in [0.3, 0.4) is 0 Å². The van der Waals surface area contributed by atoms with Crippen LogP contribution in [-0.4, -0.2) is 35.1 Å². The van der Waals surface area contributed by atoms with Gasteiger partial charge in [-0.1, -0.05) is 31.5 Å².